The zero-order valence-corrected chi connectivity index (χ0v) is 10.4. The number of nitrogens with zero attached hydrogens (tertiary/aromatic N) is 1. The van der Waals surface area contributed by atoms with Gasteiger partial charge < -0.3 is 5.32 Å². The topological polar surface area (TPSA) is 24.9 Å². The molecule has 0 aliphatic carbocycles. The summed E-state index contributed by atoms with van der Waals surface area (Å²) in [7, 11) is 0. The third kappa shape index (κ3) is 3.74. The maximum Gasteiger partial charge on any atom is 0.265 e. The van der Waals surface area contributed by atoms with Gasteiger partial charge in [0.05, 0.1) is 0 Å². The Kier molecular flexibility index (Phi) is 3.65. The average molecular weight is 279 g/mol. The second-order valence-corrected chi connectivity index (χ2v) is 5.12. The molecule has 15 heavy (non-hydrogen) atoms. The summed E-state index contributed by atoms with van der Waals surface area (Å²) in [5.41, 5.74) is -0.239. The standard InChI is InChI=1S/C10H13BrF2N2/c1-10(2,3)15-8-4-6(9(12)13)7(11)5-14-8/h4-5,9H,1-3H3,(H,14,15). The van der Waals surface area contributed by atoms with Gasteiger partial charge in [-0.1, -0.05) is 0 Å². The Balaban J connectivity index is 2.98. The average Bonchev–Trinajstić information content (AvgIpc) is 2.05. The molecule has 0 aliphatic heterocycles. The summed E-state index contributed by atoms with van der Waals surface area (Å²) in [6.07, 6.45) is -1.11. The molecular formula is C10H13BrF2N2. The van der Waals surface area contributed by atoms with E-state index in [0.717, 1.165) is 0 Å². The minimum atomic E-state index is -2.50. The van der Waals surface area contributed by atoms with Crippen molar-refractivity contribution in [2.45, 2.75) is 32.7 Å². The van der Waals surface area contributed by atoms with Gasteiger partial charge in [-0.15, -0.1) is 0 Å². The highest BCUT2D eigenvalue weighted by atomic mass is 79.9. The molecule has 1 rings (SSSR count). The lowest BCUT2D eigenvalue weighted by molar-refractivity contribution is 0.150. The largest absolute Gasteiger partial charge is 0.365 e. The third-order valence-electron chi connectivity index (χ3n) is 1.62. The van der Waals surface area contributed by atoms with E-state index in [1.54, 1.807) is 0 Å². The van der Waals surface area contributed by atoms with Crippen LogP contribution in [0.3, 0.4) is 0 Å². The Labute approximate surface area is 96.2 Å². The van der Waals surface area contributed by atoms with Crippen molar-refractivity contribution in [1.82, 2.24) is 4.98 Å². The molecule has 1 aromatic rings. The zero-order chi connectivity index (χ0) is 11.6. The molecule has 0 atom stereocenters. The van der Waals surface area contributed by atoms with Crippen LogP contribution in [-0.4, -0.2) is 10.5 Å². The van der Waals surface area contributed by atoms with E-state index in [1.807, 2.05) is 20.8 Å². The fourth-order valence-corrected chi connectivity index (χ4v) is 1.46. The molecule has 0 saturated carbocycles. The van der Waals surface area contributed by atoms with Crippen molar-refractivity contribution in [1.29, 1.82) is 0 Å². The van der Waals surface area contributed by atoms with Crippen LogP contribution in [0.25, 0.3) is 0 Å². The predicted octanol–water partition coefficient (Wildman–Crippen LogP) is 3.99. The van der Waals surface area contributed by atoms with Crippen LogP contribution in [0, 0.1) is 0 Å². The van der Waals surface area contributed by atoms with E-state index in [1.165, 1.54) is 12.3 Å². The number of halogens is 3. The van der Waals surface area contributed by atoms with Crippen molar-refractivity contribution in [2.24, 2.45) is 0 Å². The van der Waals surface area contributed by atoms with E-state index in [2.05, 4.69) is 26.2 Å². The Bertz CT molecular complexity index is 348. The van der Waals surface area contributed by atoms with Crippen LogP contribution >= 0.6 is 15.9 Å². The molecule has 0 amide bonds. The Morgan fingerprint density at radius 1 is 1.40 bits per heavy atom. The highest BCUT2D eigenvalue weighted by Gasteiger charge is 2.15. The Morgan fingerprint density at radius 3 is 2.47 bits per heavy atom. The van der Waals surface area contributed by atoms with E-state index in [-0.39, 0.29) is 11.1 Å². The molecule has 1 N–H and O–H groups in total. The highest BCUT2D eigenvalue weighted by Crippen LogP contribution is 2.29. The number of alkyl halides is 2. The van der Waals surface area contributed by atoms with Gasteiger partial charge in [-0.3, -0.25) is 0 Å². The van der Waals surface area contributed by atoms with Crippen LogP contribution < -0.4 is 5.32 Å². The number of rotatable bonds is 2. The molecule has 84 valence electrons. The second kappa shape index (κ2) is 4.43. The van der Waals surface area contributed by atoms with Crippen molar-refractivity contribution in [2.75, 3.05) is 5.32 Å². The van der Waals surface area contributed by atoms with E-state index in [9.17, 15) is 8.78 Å². The molecule has 0 fully saturated rings. The number of nitrogens with one attached hydrogen (secondary N) is 1. The molecule has 0 aliphatic rings. The summed E-state index contributed by atoms with van der Waals surface area (Å²) in [6.45, 7) is 5.83. The van der Waals surface area contributed by atoms with Crippen LogP contribution in [0.1, 0.15) is 32.8 Å². The lowest BCUT2D eigenvalue weighted by Gasteiger charge is -2.21. The molecule has 1 aromatic heterocycles. The normalized spacial score (nSPS) is 11.9. The van der Waals surface area contributed by atoms with E-state index < -0.39 is 6.43 Å². The van der Waals surface area contributed by atoms with Crippen molar-refractivity contribution in [3.05, 3.63) is 22.3 Å². The lowest BCUT2D eigenvalue weighted by Crippen LogP contribution is -2.26. The summed E-state index contributed by atoms with van der Waals surface area (Å²) in [6, 6.07) is 1.36. The van der Waals surface area contributed by atoms with Gasteiger partial charge in [0, 0.05) is 21.8 Å². The van der Waals surface area contributed by atoms with Crippen molar-refractivity contribution < 1.29 is 8.78 Å². The summed E-state index contributed by atoms with van der Waals surface area (Å²) in [5, 5.41) is 3.04. The minimum Gasteiger partial charge on any atom is -0.365 e. The first-order chi connectivity index (χ1) is 6.79. The van der Waals surface area contributed by atoms with Gasteiger partial charge in [-0.05, 0) is 42.8 Å². The molecule has 0 radical (unpaired) electrons. The monoisotopic (exact) mass is 278 g/mol. The molecule has 0 saturated heterocycles. The van der Waals surface area contributed by atoms with Gasteiger partial charge in [0.15, 0.2) is 0 Å². The fourth-order valence-electron chi connectivity index (χ4n) is 1.07. The van der Waals surface area contributed by atoms with Crippen molar-refractivity contribution in [3.8, 4) is 0 Å². The molecular weight excluding hydrogens is 266 g/mol. The maximum absolute atomic E-state index is 12.6. The van der Waals surface area contributed by atoms with E-state index in [0.29, 0.717) is 10.3 Å². The van der Waals surface area contributed by atoms with Crippen LogP contribution in [0.5, 0.6) is 0 Å². The van der Waals surface area contributed by atoms with Gasteiger partial charge in [0.25, 0.3) is 6.43 Å². The third-order valence-corrected chi connectivity index (χ3v) is 2.29. The summed E-state index contributed by atoms with van der Waals surface area (Å²) in [5.74, 6) is 0.459. The van der Waals surface area contributed by atoms with Crippen molar-refractivity contribution >= 4 is 21.7 Å². The predicted molar refractivity (Wildman–Crippen MR) is 60.3 cm³/mol. The number of hydrogen-bond donors (Lipinski definition) is 1. The minimum absolute atomic E-state index is 0.0447. The molecule has 0 aromatic carbocycles. The molecule has 0 bridgehead atoms. The Morgan fingerprint density at radius 2 is 2.00 bits per heavy atom. The molecule has 5 heteroatoms. The first kappa shape index (κ1) is 12.4. The molecule has 2 nitrogen and oxygen atoms in total. The molecule has 0 spiro atoms. The highest BCUT2D eigenvalue weighted by molar-refractivity contribution is 9.10. The fraction of sp³-hybridized carbons (Fsp3) is 0.500. The van der Waals surface area contributed by atoms with Crippen molar-refractivity contribution in [3.63, 3.8) is 0 Å². The lowest BCUT2D eigenvalue weighted by atomic mass is 10.1. The van der Waals surface area contributed by atoms with Crippen LogP contribution in [0.4, 0.5) is 14.6 Å². The first-order valence-corrected chi connectivity index (χ1v) is 5.30. The summed E-state index contributed by atoms with van der Waals surface area (Å²) < 4.78 is 25.4. The van der Waals surface area contributed by atoms with E-state index >= 15 is 0 Å². The molecule has 0 unspecified atom stereocenters. The smallest absolute Gasteiger partial charge is 0.265 e. The van der Waals surface area contributed by atoms with Gasteiger partial charge in [-0.25, -0.2) is 13.8 Å². The zero-order valence-electron chi connectivity index (χ0n) is 8.81. The number of aromatic nitrogens is 1. The number of hydrogen-bond acceptors (Lipinski definition) is 2. The van der Waals surface area contributed by atoms with E-state index in [4.69, 9.17) is 0 Å². The summed E-state index contributed by atoms with van der Waals surface area (Å²) in [4.78, 5) is 4.02. The van der Waals surface area contributed by atoms with Gasteiger partial charge in [0.2, 0.25) is 0 Å². The van der Waals surface area contributed by atoms with Gasteiger partial charge in [0.1, 0.15) is 5.82 Å². The van der Waals surface area contributed by atoms with Crippen LogP contribution in [-0.2, 0) is 0 Å². The number of anilines is 1. The van der Waals surface area contributed by atoms with Crippen LogP contribution in [0.15, 0.2) is 16.7 Å². The van der Waals surface area contributed by atoms with Gasteiger partial charge in [-0.2, -0.15) is 0 Å². The number of pyridine rings is 1. The van der Waals surface area contributed by atoms with Gasteiger partial charge >= 0.3 is 0 Å². The summed E-state index contributed by atoms with van der Waals surface area (Å²) >= 11 is 3.04. The maximum atomic E-state index is 12.6. The second-order valence-electron chi connectivity index (χ2n) is 4.27. The molecule has 1 heterocycles. The Hall–Kier alpha value is -0.710. The first-order valence-electron chi connectivity index (χ1n) is 4.51. The SMILES string of the molecule is CC(C)(C)Nc1cc(C(F)F)c(Br)cn1. The van der Waals surface area contributed by atoms with Crippen LogP contribution in [0.2, 0.25) is 0 Å². The quantitative estimate of drug-likeness (QED) is 0.885.